The summed E-state index contributed by atoms with van der Waals surface area (Å²) in [6, 6.07) is 3.28. The molecule has 0 radical (unpaired) electrons. The van der Waals surface area contributed by atoms with Crippen molar-refractivity contribution in [1.82, 2.24) is 5.32 Å². The maximum absolute atomic E-state index is 12.7. The van der Waals surface area contributed by atoms with Gasteiger partial charge in [0.15, 0.2) is 0 Å². The molecule has 21 heavy (non-hydrogen) atoms. The van der Waals surface area contributed by atoms with E-state index in [-0.39, 0.29) is 6.54 Å². The summed E-state index contributed by atoms with van der Waals surface area (Å²) in [5.41, 5.74) is -1.09. The molecule has 0 spiro atoms. The largest absolute Gasteiger partial charge is 0.416 e. The fourth-order valence-electron chi connectivity index (χ4n) is 2.24. The molecular formula is C14H17ClF3NOS. The van der Waals surface area contributed by atoms with E-state index in [1.807, 2.05) is 0 Å². The standard InChI is InChI=1S/C14H17ClF3NOS/c15-12-2-1-11(14(16,17)18)7-10(12)8-19-9-13(20)3-5-21-6-4-13/h1-2,7,19-20H,3-6,8-9H2. The number of rotatable bonds is 4. The minimum Gasteiger partial charge on any atom is -0.389 e. The molecule has 0 bridgehead atoms. The number of hydrogen-bond acceptors (Lipinski definition) is 3. The van der Waals surface area contributed by atoms with Crippen molar-refractivity contribution >= 4 is 23.4 Å². The Morgan fingerprint density at radius 2 is 1.95 bits per heavy atom. The molecule has 1 aliphatic rings. The molecule has 0 aromatic heterocycles. The minimum absolute atomic E-state index is 0.207. The van der Waals surface area contributed by atoms with Crippen LogP contribution in [0.1, 0.15) is 24.0 Å². The van der Waals surface area contributed by atoms with Gasteiger partial charge in [0.1, 0.15) is 0 Å². The van der Waals surface area contributed by atoms with Crippen LogP contribution in [-0.2, 0) is 12.7 Å². The highest BCUT2D eigenvalue weighted by Gasteiger charge is 2.31. The Morgan fingerprint density at radius 1 is 1.29 bits per heavy atom. The van der Waals surface area contributed by atoms with Gasteiger partial charge in [-0.05, 0) is 48.1 Å². The van der Waals surface area contributed by atoms with Crippen molar-refractivity contribution in [3.8, 4) is 0 Å². The van der Waals surface area contributed by atoms with Gasteiger partial charge in [-0.25, -0.2) is 0 Å². The average Bonchev–Trinajstić information content (AvgIpc) is 2.40. The van der Waals surface area contributed by atoms with E-state index in [2.05, 4.69) is 5.32 Å². The summed E-state index contributed by atoms with van der Waals surface area (Å²) < 4.78 is 38.0. The third-order valence-corrected chi connectivity index (χ3v) is 4.92. The molecule has 0 aliphatic carbocycles. The SMILES string of the molecule is OC1(CNCc2cc(C(F)(F)F)ccc2Cl)CCSCC1. The number of nitrogens with one attached hydrogen (secondary N) is 1. The van der Waals surface area contributed by atoms with Gasteiger partial charge in [-0.1, -0.05) is 11.6 Å². The lowest BCUT2D eigenvalue weighted by atomic mass is 9.97. The van der Waals surface area contributed by atoms with E-state index in [0.29, 0.717) is 30.0 Å². The third kappa shape index (κ3) is 4.77. The second-order valence-electron chi connectivity index (χ2n) is 5.24. The third-order valence-electron chi connectivity index (χ3n) is 3.57. The first-order valence-electron chi connectivity index (χ1n) is 6.67. The zero-order valence-electron chi connectivity index (χ0n) is 11.3. The fourth-order valence-corrected chi connectivity index (χ4v) is 3.68. The molecule has 2 rings (SSSR count). The van der Waals surface area contributed by atoms with Crippen LogP contribution in [0.2, 0.25) is 5.02 Å². The molecule has 0 amide bonds. The van der Waals surface area contributed by atoms with E-state index in [1.54, 1.807) is 11.8 Å². The van der Waals surface area contributed by atoms with Crippen LogP contribution < -0.4 is 5.32 Å². The Hall–Kier alpha value is -0.430. The van der Waals surface area contributed by atoms with Crippen molar-refractivity contribution < 1.29 is 18.3 Å². The van der Waals surface area contributed by atoms with Crippen molar-refractivity contribution in [2.24, 2.45) is 0 Å². The Morgan fingerprint density at radius 3 is 2.57 bits per heavy atom. The van der Waals surface area contributed by atoms with Crippen molar-refractivity contribution in [2.75, 3.05) is 18.1 Å². The summed E-state index contributed by atoms with van der Waals surface area (Å²) in [4.78, 5) is 0. The van der Waals surface area contributed by atoms with Gasteiger partial charge in [0, 0.05) is 18.1 Å². The molecule has 2 nitrogen and oxygen atoms in total. The Balaban J connectivity index is 1.96. The fraction of sp³-hybridized carbons (Fsp3) is 0.571. The molecular weight excluding hydrogens is 323 g/mol. The zero-order valence-corrected chi connectivity index (χ0v) is 12.9. The normalized spacial score (nSPS) is 18.7. The van der Waals surface area contributed by atoms with Crippen LogP contribution in [0.5, 0.6) is 0 Å². The second-order valence-corrected chi connectivity index (χ2v) is 6.88. The summed E-state index contributed by atoms with van der Waals surface area (Å²) in [5.74, 6) is 1.81. The van der Waals surface area contributed by atoms with Gasteiger partial charge in [-0.2, -0.15) is 24.9 Å². The van der Waals surface area contributed by atoms with E-state index < -0.39 is 17.3 Å². The van der Waals surface area contributed by atoms with Gasteiger partial charge in [0.2, 0.25) is 0 Å². The van der Waals surface area contributed by atoms with Crippen LogP contribution in [-0.4, -0.2) is 28.8 Å². The first kappa shape index (κ1) is 16.9. The minimum atomic E-state index is -4.38. The zero-order chi connectivity index (χ0) is 15.5. The molecule has 2 N–H and O–H groups in total. The first-order chi connectivity index (χ1) is 9.80. The number of thioether (sulfide) groups is 1. The van der Waals surface area contributed by atoms with E-state index in [1.165, 1.54) is 6.07 Å². The van der Waals surface area contributed by atoms with Crippen molar-refractivity contribution in [1.29, 1.82) is 0 Å². The van der Waals surface area contributed by atoms with Gasteiger partial charge in [0.05, 0.1) is 11.2 Å². The van der Waals surface area contributed by atoms with E-state index >= 15 is 0 Å². The first-order valence-corrected chi connectivity index (χ1v) is 8.20. The van der Waals surface area contributed by atoms with E-state index in [9.17, 15) is 18.3 Å². The van der Waals surface area contributed by atoms with Crippen molar-refractivity contribution in [3.63, 3.8) is 0 Å². The highest BCUT2D eigenvalue weighted by molar-refractivity contribution is 7.99. The summed E-state index contributed by atoms with van der Waals surface area (Å²) in [5, 5.41) is 13.6. The van der Waals surface area contributed by atoms with Gasteiger partial charge >= 0.3 is 6.18 Å². The van der Waals surface area contributed by atoms with E-state index in [4.69, 9.17) is 11.6 Å². The molecule has 0 unspecified atom stereocenters. The average molecular weight is 340 g/mol. The maximum atomic E-state index is 12.7. The Labute approximate surface area is 131 Å². The topological polar surface area (TPSA) is 32.3 Å². The number of hydrogen-bond donors (Lipinski definition) is 2. The molecule has 7 heteroatoms. The van der Waals surface area contributed by atoms with Crippen LogP contribution in [0, 0.1) is 0 Å². The lowest BCUT2D eigenvalue weighted by Gasteiger charge is -2.32. The number of alkyl halides is 3. The smallest absolute Gasteiger partial charge is 0.389 e. The van der Waals surface area contributed by atoms with Crippen LogP contribution in [0.25, 0.3) is 0 Å². The summed E-state index contributed by atoms with van der Waals surface area (Å²) in [6.07, 6.45) is -2.99. The van der Waals surface area contributed by atoms with Crippen LogP contribution in [0.15, 0.2) is 18.2 Å². The van der Waals surface area contributed by atoms with Gasteiger partial charge in [-0.15, -0.1) is 0 Å². The van der Waals surface area contributed by atoms with Crippen molar-refractivity contribution in [3.05, 3.63) is 34.3 Å². The number of halogens is 4. The highest BCUT2D eigenvalue weighted by atomic mass is 35.5. The maximum Gasteiger partial charge on any atom is 0.416 e. The predicted molar refractivity (Wildman–Crippen MR) is 79.7 cm³/mol. The molecule has 1 saturated heterocycles. The Kier molecular flexibility index (Phi) is 5.46. The summed E-state index contributed by atoms with van der Waals surface area (Å²) in [7, 11) is 0. The highest BCUT2D eigenvalue weighted by Crippen LogP contribution is 2.32. The van der Waals surface area contributed by atoms with Crippen molar-refractivity contribution in [2.45, 2.75) is 31.2 Å². The summed E-state index contributed by atoms with van der Waals surface area (Å²) in [6.45, 7) is 0.568. The van der Waals surface area contributed by atoms with Crippen LogP contribution in [0.4, 0.5) is 13.2 Å². The monoisotopic (exact) mass is 339 g/mol. The molecule has 0 atom stereocenters. The molecule has 1 heterocycles. The molecule has 1 aromatic carbocycles. The molecule has 1 aliphatic heterocycles. The van der Waals surface area contributed by atoms with Crippen LogP contribution >= 0.6 is 23.4 Å². The molecule has 1 fully saturated rings. The molecule has 0 saturated carbocycles. The van der Waals surface area contributed by atoms with Gasteiger partial charge in [-0.3, -0.25) is 0 Å². The molecule has 118 valence electrons. The Bertz CT molecular complexity index is 490. The molecule has 1 aromatic rings. The lowest BCUT2D eigenvalue weighted by molar-refractivity contribution is -0.137. The predicted octanol–water partition coefficient (Wildman–Crippen LogP) is 3.71. The number of benzene rings is 1. The lowest BCUT2D eigenvalue weighted by Crippen LogP contribution is -2.43. The van der Waals surface area contributed by atoms with Crippen LogP contribution in [0.3, 0.4) is 0 Å². The second kappa shape index (κ2) is 6.77. The number of aliphatic hydroxyl groups is 1. The summed E-state index contributed by atoms with van der Waals surface area (Å²) >= 11 is 7.73. The van der Waals surface area contributed by atoms with Gasteiger partial charge in [0.25, 0.3) is 0 Å². The quantitative estimate of drug-likeness (QED) is 0.877. The van der Waals surface area contributed by atoms with E-state index in [0.717, 1.165) is 23.6 Å². The van der Waals surface area contributed by atoms with Gasteiger partial charge < -0.3 is 10.4 Å².